The lowest BCUT2D eigenvalue weighted by molar-refractivity contribution is -0.139. The molecule has 0 bridgehead atoms. The second-order valence-electron chi connectivity index (χ2n) is 8.55. The molecule has 0 rings (SSSR count). The quantitative estimate of drug-likeness (QED) is 0.109. The molecule has 0 heterocycles. The Hall–Kier alpha value is -0.460. The molecule has 0 aliphatic heterocycles. The van der Waals surface area contributed by atoms with Crippen LogP contribution in [-0.4, -0.2) is 35.2 Å². The van der Waals surface area contributed by atoms with E-state index >= 15 is 0 Å². The average molecular weight is 466 g/mol. The van der Waals surface area contributed by atoms with Gasteiger partial charge in [0.05, 0.1) is 13.2 Å². The Balaban J connectivity index is 3.28. The van der Waals surface area contributed by atoms with Crippen LogP contribution in [0.25, 0.3) is 0 Å². The van der Waals surface area contributed by atoms with Crippen molar-refractivity contribution in [2.45, 2.75) is 129 Å². The third-order valence-electron chi connectivity index (χ3n) is 5.49. The van der Waals surface area contributed by atoms with Crippen molar-refractivity contribution in [1.82, 2.24) is 0 Å². The molecular formula is C23H48NO6P. The van der Waals surface area contributed by atoms with E-state index in [1.54, 1.807) is 0 Å². The SMILES string of the molecule is CCCCCCCCCCCCCCCCCCCCOP(=O)(O)OC[C@H](N)C(=O)O. The first-order valence-electron chi connectivity index (χ1n) is 12.5. The van der Waals surface area contributed by atoms with E-state index in [4.69, 9.17) is 15.4 Å². The molecule has 0 aromatic heterocycles. The maximum atomic E-state index is 11.6. The van der Waals surface area contributed by atoms with Crippen LogP contribution in [0.1, 0.15) is 122 Å². The Labute approximate surface area is 190 Å². The van der Waals surface area contributed by atoms with Crippen molar-refractivity contribution in [3.05, 3.63) is 0 Å². The summed E-state index contributed by atoms with van der Waals surface area (Å²) in [5.74, 6) is -1.29. The number of hydrogen-bond acceptors (Lipinski definition) is 5. The van der Waals surface area contributed by atoms with E-state index in [1.165, 1.54) is 96.3 Å². The molecule has 186 valence electrons. The van der Waals surface area contributed by atoms with Crippen LogP contribution in [0.15, 0.2) is 0 Å². The van der Waals surface area contributed by atoms with Crippen molar-refractivity contribution in [3.8, 4) is 0 Å². The van der Waals surface area contributed by atoms with Crippen molar-refractivity contribution < 1.29 is 28.4 Å². The maximum Gasteiger partial charge on any atom is 0.472 e. The van der Waals surface area contributed by atoms with E-state index < -0.39 is 26.4 Å². The van der Waals surface area contributed by atoms with Gasteiger partial charge in [-0.2, -0.15) is 0 Å². The molecule has 0 radical (unpaired) electrons. The summed E-state index contributed by atoms with van der Waals surface area (Å²) in [4.78, 5) is 20.0. The highest BCUT2D eigenvalue weighted by molar-refractivity contribution is 7.47. The minimum Gasteiger partial charge on any atom is -0.480 e. The van der Waals surface area contributed by atoms with Gasteiger partial charge in [0.15, 0.2) is 0 Å². The fraction of sp³-hybridized carbons (Fsp3) is 0.957. The molecule has 2 atom stereocenters. The summed E-state index contributed by atoms with van der Waals surface area (Å²) in [6.07, 6.45) is 23.0. The summed E-state index contributed by atoms with van der Waals surface area (Å²) in [5.41, 5.74) is 5.21. The Morgan fingerprint density at radius 2 is 1.10 bits per heavy atom. The third-order valence-corrected chi connectivity index (χ3v) is 6.47. The normalized spacial score (nSPS) is 14.4. The first kappa shape index (κ1) is 30.5. The molecule has 4 N–H and O–H groups in total. The Bertz CT molecular complexity index is 463. The molecule has 31 heavy (non-hydrogen) atoms. The van der Waals surface area contributed by atoms with Crippen LogP contribution in [0.5, 0.6) is 0 Å². The summed E-state index contributed by atoms with van der Waals surface area (Å²) in [5, 5.41) is 8.61. The van der Waals surface area contributed by atoms with E-state index in [0.29, 0.717) is 6.42 Å². The van der Waals surface area contributed by atoms with Crippen LogP contribution in [0.2, 0.25) is 0 Å². The number of aliphatic carboxylic acids is 1. The monoisotopic (exact) mass is 465 g/mol. The van der Waals surface area contributed by atoms with E-state index in [9.17, 15) is 14.3 Å². The fourth-order valence-corrected chi connectivity index (χ4v) is 4.25. The molecule has 0 aromatic carbocycles. The number of carbonyl (C=O) groups is 1. The summed E-state index contributed by atoms with van der Waals surface area (Å²) in [7, 11) is -4.22. The molecule has 8 heteroatoms. The van der Waals surface area contributed by atoms with Gasteiger partial charge in [0.2, 0.25) is 0 Å². The predicted molar refractivity (Wildman–Crippen MR) is 126 cm³/mol. The van der Waals surface area contributed by atoms with Crippen LogP contribution < -0.4 is 5.73 Å². The highest BCUT2D eigenvalue weighted by Crippen LogP contribution is 2.43. The van der Waals surface area contributed by atoms with Crippen LogP contribution in [0, 0.1) is 0 Å². The molecule has 1 unspecified atom stereocenters. The van der Waals surface area contributed by atoms with Gasteiger partial charge in [0, 0.05) is 0 Å². The molecule has 0 saturated heterocycles. The maximum absolute atomic E-state index is 11.6. The number of phosphoric ester groups is 1. The summed E-state index contributed by atoms with van der Waals surface area (Å²) in [6, 6.07) is -1.34. The standard InChI is InChI=1S/C23H48NO6P/c1-2-3-4-5-6-7-8-9-10-11-12-13-14-15-16-17-18-19-20-29-31(27,28)30-21-22(24)23(25)26/h22H,2-21,24H2,1H3,(H,25,26)(H,27,28)/t22-/m0/s1. The van der Waals surface area contributed by atoms with Gasteiger partial charge < -0.3 is 15.7 Å². The van der Waals surface area contributed by atoms with Gasteiger partial charge in [-0.25, -0.2) is 4.57 Å². The number of hydrogen-bond donors (Lipinski definition) is 3. The zero-order chi connectivity index (χ0) is 23.2. The largest absolute Gasteiger partial charge is 0.480 e. The summed E-state index contributed by atoms with van der Waals surface area (Å²) >= 11 is 0. The smallest absolute Gasteiger partial charge is 0.472 e. The molecule has 0 spiro atoms. The van der Waals surface area contributed by atoms with E-state index in [2.05, 4.69) is 11.4 Å². The second-order valence-corrected chi connectivity index (χ2v) is 10.0. The molecular weight excluding hydrogens is 417 g/mol. The predicted octanol–water partition coefficient (Wildman–Crippen LogP) is 6.57. The van der Waals surface area contributed by atoms with Gasteiger partial charge in [-0.1, -0.05) is 116 Å². The highest BCUT2D eigenvalue weighted by atomic mass is 31.2. The zero-order valence-corrected chi connectivity index (χ0v) is 20.7. The molecule has 0 amide bonds. The van der Waals surface area contributed by atoms with Crippen molar-refractivity contribution in [2.24, 2.45) is 5.73 Å². The highest BCUT2D eigenvalue weighted by Gasteiger charge is 2.24. The number of nitrogens with two attached hydrogens (primary N) is 1. The average Bonchev–Trinajstić information content (AvgIpc) is 2.73. The summed E-state index contributed by atoms with van der Waals surface area (Å²) in [6.45, 7) is 1.83. The van der Waals surface area contributed by atoms with E-state index in [0.717, 1.165) is 12.8 Å². The number of unbranched alkanes of at least 4 members (excludes halogenated alkanes) is 17. The van der Waals surface area contributed by atoms with Crippen LogP contribution >= 0.6 is 7.82 Å². The summed E-state index contributed by atoms with van der Waals surface area (Å²) < 4.78 is 21.0. The molecule has 0 fully saturated rings. The first-order valence-corrected chi connectivity index (χ1v) is 14.0. The third kappa shape index (κ3) is 22.5. The van der Waals surface area contributed by atoms with Gasteiger partial charge in [-0.3, -0.25) is 13.8 Å². The lowest BCUT2D eigenvalue weighted by Gasteiger charge is -2.13. The fourth-order valence-electron chi connectivity index (χ4n) is 3.47. The first-order chi connectivity index (χ1) is 14.9. The van der Waals surface area contributed by atoms with Crippen LogP contribution in [-0.2, 0) is 18.4 Å². The van der Waals surface area contributed by atoms with Crippen molar-refractivity contribution in [1.29, 1.82) is 0 Å². The second kappa shape index (κ2) is 21.4. The lowest BCUT2D eigenvalue weighted by Crippen LogP contribution is -2.34. The minimum atomic E-state index is -4.22. The van der Waals surface area contributed by atoms with Crippen molar-refractivity contribution >= 4 is 13.8 Å². The van der Waals surface area contributed by atoms with Gasteiger partial charge in [-0.05, 0) is 6.42 Å². The Morgan fingerprint density at radius 1 is 0.742 bits per heavy atom. The van der Waals surface area contributed by atoms with Crippen molar-refractivity contribution in [3.63, 3.8) is 0 Å². The Kier molecular flexibility index (Phi) is 21.1. The lowest BCUT2D eigenvalue weighted by atomic mass is 10.0. The zero-order valence-electron chi connectivity index (χ0n) is 19.8. The molecule has 7 nitrogen and oxygen atoms in total. The van der Waals surface area contributed by atoms with Crippen LogP contribution in [0.3, 0.4) is 0 Å². The van der Waals surface area contributed by atoms with E-state index in [1.807, 2.05) is 0 Å². The minimum absolute atomic E-state index is 0.120. The van der Waals surface area contributed by atoms with Crippen LogP contribution in [0.4, 0.5) is 0 Å². The number of carboxylic acid groups (broad SMARTS) is 1. The molecule has 0 aliphatic rings. The number of phosphoric acid groups is 1. The van der Waals surface area contributed by atoms with Gasteiger partial charge in [-0.15, -0.1) is 0 Å². The topological polar surface area (TPSA) is 119 Å². The van der Waals surface area contributed by atoms with Gasteiger partial charge in [0.1, 0.15) is 6.04 Å². The molecule has 0 saturated carbocycles. The van der Waals surface area contributed by atoms with Gasteiger partial charge in [0.25, 0.3) is 0 Å². The molecule has 0 aromatic rings. The number of carboxylic acids is 1. The molecule has 0 aliphatic carbocycles. The van der Waals surface area contributed by atoms with Gasteiger partial charge >= 0.3 is 13.8 Å². The van der Waals surface area contributed by atoms with Crippen molar-refractivity contribution in [2.75, 3.05) is 13.2 Å². The van der Waals surface area contributed by atoms with E-state index in [-0.39, 0.29) is 6.61 Å². The Morgan fingerprint density at radius 3 is 1.45 bits per heavy atom. The number of rotatable bonds is 24.